The van der Waals surface area contributed by atoms with E-state index < -0.39 is 0 Å². The average molecular weight is 206 g/mol. The summed E-state index contributed by atoms with van der Waals surface area (Å²) in [5, 5.41) is 0. The normalized spacial score (nSPS) is 38.5. The van der Waals surface area contributed by atoms with E-state index in [0.29, 0.717) is 17.1 Å². The number of Topliss-reactive ketones (excluding diaryl/α,β-unsaturated/α-hetero) is 1. The molecule has 2 aliphatic rings. The van der Waals surface area contributed by atoms with E-state index in [2.05, 4.69) is 26.0 Å². The Morgan fingerprint density at radius 1 is 1.33 bits per heavy atom. The molecule has 0 heterocycles. The first-order valence-corrected chi connectivity index (χ1v) is 6.12. The summed E-state index contributed by atoms with van der Waals surface area (Å²) in [5.41, 5.74) is 0.337. The van der Waals surface area contributed by atoms with Gasteiger partial charge in [0.25, 0.3) is 0 Å². The second kappa shape index (κ2) is 3.47. The molecule has 0 N–H and O–H groups in total. The lowest BCUT2D eigenvalue weighted by Gasteiger charge is -2.50. The zero-order chi connectivity index (χ0) is 11.1. The summed E-state index contributed by atoms with van der Waals surface area (Å²) in [6.07, 6.45) is 10.2. The van der Waals surface area contributed by atoms with Crippen LogP contribution in [0.25, 0.3) is 0 Å². The maximum Gasteiger partial charge on any atom is 0.136 e. The van der Waals surface area contributed by atoms with Crippen LogP contribution in [0.2, 0.25) is 0 Å². The van der Waals surface area contributed by atoms with Crippen LogP contribution in [-0.2, 0) is 4.79 Å². The molecule has 0 spiro atoms. The van der Waals surface area contributed by atoms with Gasteiger partial charge in [0.15, 0.2) is 0 Å². The Morgan fingerprint density at radius 2 is 2.07 bits per heavy atom. The summed E-state index contributed by atoms with van der Waals surface area (Å²) in [6.45, 7) is 6.42. The molecule has 0 bridgehead atoms. The zero-order valence-electron chi connectivity index (χ0n) is 10.2. The third-order valence-electron chi connectivity index (χ3n) is 4.52. The summed E-state index contributed by atoms with van der Waals surface area (Å²) in [4.78, 5) is 12.0. The predicted octanol–water partition coefficient (Wildman–Crippen LogP) is 3.74. The van der Waals surface area contributed by atoms with Crippen LogP contribution in [0, 0.1) is 16.7 Å². The van der Waals surface area contributed by atoms with E-state index >= 15 is 0 Å². The van der Waals surface area contributed by atoms with Crippen LogP contribution in [0.4, 0.5) is 0 Å². The van der Waals surface area contributed by atoms with E-state index in [1.807, 2.05) is 0 Å². The Bertz CT molecular complexity index is 300. The minimum Gasteiger partial charge on any atom is -0.299 e. The summed E-state index contributed by atoms with van der Waals surface area (Å²) < 4.78 is 0. The van der Waals surface area contributed by atoms with Crippen molar-refractivity contribution in [3.63, 3.8) is 0 Å². The molecule has 2 aliphatic carbocycles. The third-order valence-corrected chi connectivity index (χ3v) is 4.52. The molecule has 84 valence electrons. The van der Waals surface area contributed by atoms with Crippen molar-refractivity contribution < 1.29 is 4.79 Å². The first kappa shape index (κ1) is 10.9. The monoisotopic (exact) mass is 206 g/mol. The molecule has 1 nitrogen and oxygen atoms in total. The molecule has 0 aliphatic heterocycles. The fourth-order valence-electron chi connectivity index (χ4n) is 3.62. The first-order valence-electron chi connectivity index (χ1n) is 6.12. The van der Waals surface area contributed by atoms with Gasteiger partial charge in [-0.05, 0) is 50.4 Å². The summed E-state index contributed by atoms with van der Waals surface area (Å²) in [7, 11) is 0. The highest BCUT2D eigenvalue weighted by Crippen LogP contribution is 2.54. The van der Waals surface area contributed by atoms with Gasteiger partial charge in [-0.25, -0.2) is 0 Å². The van der Waals surface area contributed by atoms with Gasteiger partial charge in [0.2, 0.25) is 0 Å². The van der Waals surface area contributed by atoms with Gasteiger partial charge >= 0.3 is 0 Å². The minimum absolute atomic E-state index is 0.0174. The van der Waals surface area contributed by atoms with Gasteiger partial charge in [-0.15, -0.1) is 0 Å². The Kier molecular flexibility index (Phi) is 2.52. The van der Waals surface area contributed by atoms with Crippen molar-refractivity contribution in [1.82, 2.24) is 0 Å². The summed E-state index contributed by atoms with van der Waals surface area (Å²) in [6, 6.07) is 0. The van der Waals surface area contributed by atoms with Crippen molar-refractivity contribution in [3.05, 3.63) is 12.2 Å². The largest absolute Gasteiger partial charge is 0.299 e. The highest BCUT2D eigenvalue weighted by molar-refractivity contribution is 5.83. The number of rotatable bonds is 1. The number of ketones is 1. The number of carbonyl (C=O) groups is 1. The van der Waals surface area contributed by atoms with Crippen LogP contribution in [0.15, 0.2) is 12.2 Å². The van der Waals surface area contributed by atoms with Crippen molar-refractivity contribution in [2.45, 2.75) is 52.9 Å². The molecule has 0 saturated heterocycles. The van der Waals surface area contributed by atoms with E-state index in [1.54, 1.807) is 6.92 Å². The van der Waals surface area contributed by atoms with Gasteiger partial charge in [0.1, 0.15) is 5.78 Å². The highest BCUT2D eigenvalue weighted by Gasteiger charge is 2.49. The third kappa shape index (κ3) is 1.77. The van der Waals surface area contributed by atoms with Crippen molar-refractivity contribution >= 4 is 5.78 Å². The van der Waals surface area contributed by atoms with E-state index in [4.69, 9.17) is 0 Å². The van der Waals surface area contributed by atoms with Gasteiger partial charge in [-0.3, -0.25) is 4.79 Å². The number of hydrogen-bond acceptors (Lipinski definition) is 1. The maximum atomic E-state index is 12.0. The Morgan fingerprint density at radius 3 is 2.73 bits per heavy atom. The second-order valence-electron chi connectivity index (χ2n) is 6.20. The van der Waals surface area contributed by atoms with Crippen LogP contribution in [0.5, 0.6) is 0 Å². The lowest BCUT2D eigenvalue weighted by Crippen LogP contribution is -2.45. The number of fused-ring (bicyclic) bond motifs is 1. The SMILES string of the molecule is CC(=O)C12CC=CCC1CCC(C)(C)C2. The van der Waals surface area contributed by atoms with Gasteiger partial charge in [-0.2, -0.15) is 0 Å². The molecule has 1 heteroatoms. The Hall–Kier alpha value is -0.590. The van der Waals surface area contributed by atoms with Gasteiger partial charge in [0, 0.05) is 5.41 Å². The van der Waals surface area contributed by atoms with Crippen molar-refractivity contribution in [3.8, 4) is 0 Å². The van der Waals surface area contributed by atoms with Crippen molar-refractivity contribution in [2.75, 3.05) is 0 Å². The molecule has 0 radical (unpaired) electrons. The van der Waals surface area contributed by atoms with Gasteiger partial charge < -0.3 is 0 Å². The molecular formula is C14H22O. The fourth-order valence-corrected chi connectivity index (χ4v) is 3.62. The molecule has 2 rings (SSSR count). The predicted molar refractivity (Wildman–Crippen MR) is 62.6 cm³/mol. The lowest BCUT2D eigenvalue weighted by molar-refractivity contribution is -0.135. The second-order valence-corrected chi connectivity index (χ2v) is 6.20. The molecule has 0 aromatic rings. The average Bonchev–Trinajstić information content (AvgIpc) is 2.15. The van der Waals surface area contributed by atoms with Gasteiger partial charge in [0.05, 0.1) is 0 Å². The number of carbonyl (C=O) groups excluding carboxylic acids is 1. The molecule has 2 atom stereocenters. The van der Waals surface area contributed by atoms with E-state index in [9.17, 15) is 4.79 Å². The Balaban J connectivity index is 2.33. The van der Waals surface area contributed by atoms with E-state index in [1.165, 1.54) is 12.8 Å². The smallest absolute Gasteiger partial charge is 0.136 e. The lowest BCUT2D eigenvalue weighted by atomic mass is 9.53. The van der Waals surface area contributed by atoms with Crippen LogP contribution in [0.1, 0.15) is 52.9 Å². The molecule has 0 aromatic heterocycles. The maximum absolute atomic E-state index is 12.0. The molecule has 1 fully saturated rings. The standard InChI is InChI=1S/C14H22O/c1-11(15)14-8-5-4-6-12(14)7-9-13(2,3)10-14/h4-5,12H,6-10H2,1-3H3. The van der Waals surface area contributed by atoms with Crippen molar-refractivity contribution in [1.29, 1.82) is 0 Å². The number of allylic oxidation sites excluding steroid dienone is 2. The topological polar surface area (TPSA) is 17.1 Å². The van der Waals surface area contributed by atoms with Gasteiger partial charge in [-0.1, -0.05) is 26.0 Å². The summed E-state index contributed by atoms with van der Waals surface area (Å²) >= 11 is 0. The first-order chi connectivity index (χ1) is 6.96. The highest BCUT2D eigenvalue weighted by atomic mass is 16.1. The minimum atomic E-state index is -0.0174. The zero-order valence-corrected chi connectivity index (χ0v) is 10.2. The van der Waals surface area contributed by atoms with Crippen LogP contribution >= 0.6 is 0 Å². The Labute approximate surface area is 92.9 Å². The van der Waals surface area contributed by atoms with Crippen molar-refractivity contribution in [2.24, 2.45) is 16.7 Å². The molecule has 0 aromatic carbocycles. The van der Waals surface area contributed by atoms with E-state index in [0.717, 1.165) is 19.3 Å². The molecule has 1 saturated carbocycles. The molecular weight excluding hydrogens is 184 g/mol. The van der Waals surface area contributed by atoms with Crippen LogP contribution < -0.4 is 0 Å². The quantitative estimate of drug-likeness (QED) is 0.597. The molecule has 0 amide bonds. The van der Waals surface area contributed by atoms with Crippen LogP contribution in [-0.4, -0.2) is 5.78 Å². The number of hydrogen-bond donors (Lipinski definition) is 0. The summed E-state index contributed by atoms with van der Waals surface area (Å²) in [5.74, 6) is 1.04. The van der Waals surface area contributed by atoms with Crippen LogP contribution in [0.3, 0.4) is 0 Å². The van der Waals surface area contributed by atoms with E-state index in [-0.39, 0.29) is 5.41 Å². The fraction of sp³-hybridized carbons (Fsp3) is 0.786. The molecule has 2 unspecified atom stereocenters. The molecule has 15 heavy (non-hydrogen) atoms.